The van der Waals surface area contributed by atoms with E-state index in [1.54, 1.807) is 16.8 Å². The Hall–Kier alpha value is -1.27. The summed E-state index contributed by atoms with van der Waals surface area (Å²) >= 11 is 3.12. The first-order valence-corrected chi connectivity index (χ1v) is 8.46. The highest BCUT2D eigenvalue weighted by Gasteiger charge is 2.16. The third kappa shape index (κ3) is 3.64. The molecule has 0 radical (unpaired) electrons. The largest absolute Gasteiger partial charge is 0.351 e. The Labute approximate surface area is 127 Å². The maximum atomic E-state index is 12.1. The Morgan fingerprint density at radius 1 is 1.40 bits per heavy atom. The van der Waals surface area contributed by atoms with Crippen molar-refractivity contribution >= 4 is 28.6 Å². The summed E-state index contributed by atoms with van der Waals surface area (Å²) in [6.07, 6.45) is 3.72. The topological polar surface area (TPSA) is 54.9 Å². The normalized spacial score (nSPS) is 11.0. The number of carbonyl (C=O) groups is 1. The molecule has 0 bridgehead atoms. The molecule has 20 heavy (non-hydrogen) atoms. The zero-order valence-corrected chi connectivity index (χ0v) is 13.6. The highest BCUT2D eigenvalue weighted by atomic mass is 32.1. The van der Waals surface area contributed by atoms with E-state index < -0.39 is 0 Å². The molecule has 2 heterocycles. The Bertz CT molecular complexity index is 574. The molecule has 0 aliphatic carbocycles. The van der Waals surface area contributed by atoms with Gasteiger partial charge < -0.3 is 5.32 Å². The Morgan fingerprint density at radius 3 is 2.85 bits per heavy atom. The van der Waals surface area contributed by atoms with Crippen molar-refractivity contribution in [1.82, 2.24) is 15.3 Å². The van der Waals surface area contributed by atoms with Gasteiger partial charge in [-0.1, -0.05) is 20.8 Å². The second kappa shape index (κ2) is 6.95. The SMILES string of the molecule is CCc1cnc(CCNC(=O)c2scnc2C(C)C)s1. The van der Waals surface area contributed by atoms with Gasteiger partial charge in [-0.3, -0.25) is 4.79 Å². The summed E-state index contributed by atoms with van der Waals surface area (Å²) in [5, 5.41) is 4.03. The summed E-state index contributed by atoms with van der Waals surface area (Å²) in [7, 11) is 0. The minimum atomic E-state index is -0.0246. The van der Waals surface area contributed by atoms with Crippen LogP contribution >= 0.6 is 22.7 Å². The van der Waals surface area contributed by atoms with Crippen molar-refractivity contribution in [2.75, 3.05) is 6.54 Å². The molecule has 4 nitrogen and oxygen atoms in total. The van der Waals surface area contributed by atoms with Gasteiger partial charge in [-0.05, 0) is 12.3 Å². The lowest BCUT2D eigenvalue weighted by atomic mass is 10.1. The second-order valence-corrected chi connectivity index (χ2v) is 6.86. The predicted octanol–water partition coefficient (Wildman–Crippen LogP) is 3.26. The van der Waals surface area contributed by atoms with E-state index in [0.29, 0.717) is 6.54 Å². The number of carbonyl (C=O) groups excluding carboxylic acids is 1. The van der Waals surface area contributed by atoms with E-state index in [4.69, 9.17) is 0 Å². The van der Waals surface area contributed by atoms with Crippen LogP contribution in [0.2, 0.25) is 0 Å². The first kappa shape index (κ1) is 15.1. The van der Waals surface area contributed by atoms with Crippen LogP contribution < -0.4 is 5.32 Å². The fraction of sp³-hybridized carbons (Fsp3) is 0.500. The highest BCUT2D eigenvalue weighted by Crippen LogP contribution is 2.21. The molecule has 0 saturated carbocycles. The smallest absolute Gasteiger partial charge is 0.263 e. The summed E-state index contributed by atoms with van der Waals surface area (Å²) in [5.41, 5.74) is 2.62. The van der Waals surface area contributed by atoms with Crippen LogP contribution in [0.5, 0.6) is 0 Å². The number of amides is 1. The molecular weight excluding hydrogens is 290 g/mol. The molecule has 6 heteroatoms. The predicted molar refractivity (Wildman–Crippen MR) is 83.7 cm³/mol. The van der Waals surface area contributed by atoms with Gasteiger partial charge in [0.15, 0.2) is 0 Å². The molecule has 0 aliphatic rings. The van der Waals surface area contributed by atoms with Gasteiger partial charge in [0, 0.05) is 24.0 Å². The minimum Gasteiger partial charge on any atom is -0.351 e. The van der Waals surface area contributed by atoms with Crippen molar-refractivity contribution in [3.63, 3.8) is 0 Å². The lowest BCUT2D eigenvalue weighted by Gasteiger charge is -2.06. The molecule has 0 atom stereocenters. The monoisotopic (exact) mass is 309 g/mol. The maximum absolute atomic E-state index is 12.1. The number of rotatable bonds is 6. The van der Waals surface area contributed by atoms with Crippen molar-refractivity contribution < 1.29 is 4.79 Å². The zero-order chi connectivity index (χ0) is 14.5. The third-order valence-corrected chi connectivity index (χ3v) is 4.96. The van der Waals surface area contributed by atoms with Crippen LogP contribution in [-0.4, -0.2) is 22.4 Å². The Morgan fingerprint density at radius 2 is 2.20 bits per heavy atom. The lowest BCUT2D eigenvalue weighted by molar-refractivity contribution is 0.0956. The number of hydrogen-bond donors (Lipinski definition) is 1. The molecule has 0 aliphatic heterocycles. The van der Waals surface area contributed by atoms with Gasteiger partial charge in [-0.2, -0.15) is 0 Å². The molecule has 1 amide bonds. The van der Waals surface area contributed by atoms with E-state index in [2.05, 4.69) is 22.2 Å². The Balaban J connectivity index is 1.87. The van der Waals surface area contributed by atoms with Crippen LogP contribution in [0.1, 0.15) is 51.9 Å². The summed E-state index contributed by atoms with van der Waals surface area (Å²) in [6.45, 7) is 6.84. The molecule has 0 fully saturated rings. The number of nitrogens with one attached hydrogen (secondary N) is 1. The molecule has 1 N–H and O–H groups in total. The van der Waals surface area contributed by atoms with Crippen molar-refractivity contribution in [3.05, 3.63) is 32.2 Å². The van der Waals surface area contributed by atoms with Gasteiger partial charge in [-0.25, -0.2) is 9.97 Å². The quantitative estimate of drug-likeness (QED) is 0.891. The highest BCUT2D eigenvalue weighted by molar-refractivity contribution is 7.12. The van der Waals surface area contributed by atoms with Crippen LogP contribution in [0.3, 0.4) is 0 Å². The fourth-order valence-corrected chi connectivity index (χ4v) is 3.55. The van der Waals surface area contributed by atoms with Crippen molar-refractivity contribution in [2.24, 2.45) is 0 Å². The first-order chi connectivity index (χ1) is 9.61. The van der Waals surface area contributed by atoms with E-state index in [0.717, 1.165) is 28.4 Å². The number of nitrogens with zero attached hydrogens (tertiary/aromatic N) is 2. The Kier molecular flexibility index (Phi) is 5.25. The van der Waals surface area contributed by atoms with E-state index in [-0.39, 0.29) is 11.8 Å². The number of hydrogen-bond acceptors (Lipinski definition) is 5. The number of thiazole rings is 2. The van der Waals surface area contributed by atoms with Gasteiger partial charge in [0.25, 0.3) is 5.91 Å². The van der Waals surface area contributed by atoms with Gasteiger partial charge in [0.1, 0.15) is 4.88 Å². The number of aryl methyl sites for hydroxylation is 1. The lowest BCUT2D eigenvalue weighted by Crippen LogP contribution is -2.26. The molecular formula is C14H19N3OS2. The van der Waals surface area contributed by atoms with E-state index in [1.165, 1.54) is 16.2 Å². The molecule has 0 saturated heterocycles. The molecule has 0 unspecified atom stereocenters. The van der Waals surface area contributed by atoms with Crippen LogP contribution in [-0.2, 0) is 12.8 Å². The van der Waals surface area contributed by atoms with Crippen molar-refractivity contribution in [3.8, 4) is 0 Å². The molecule has 2 aromatic heterocycles. The summed E-state index contributed by atoms with van der Waals surface area (Å²) in [6, 6.07) is 0. The van der Waals surface area contributed by atoms with Crippen LogP contribution in [0, 0.1) is 0 Å². The van der Waals surface area contributed by atoms with Crippen LogP contribution in [0.25, 0.3) is 0 Å². The van der Waals surface area contributed by atoms with Gasteiger partial charge in [-0.15, -0.1) is 22.7 Å². The van der Waals surface area contributed by atoms with Gasteiger partial charge in [0.2, 0.25) is 0 Å². The summed E-state index contributed by atoms with van der Waals surface area (Å²) < 4.78 is 0. The fourth-order valence-electron chi connectivity index (χ4n) is 1.83. The van der Waals surface area contributed by atoms with E-state index >= 15 is 0 Å². The van der Waals surface area contributed by atoms with Crippen molar-refractivity contribution in [1.29, 1.82) is 0 Å². The standard InChI is InChI=1S/C14H19N3OS2/c1-4-10-7-16-11(20-10)5-6-15-14(18)13-12(9(2)3)17-8-19-13/h7-9H,4-6H2,1-3H3,(H,15,18). The third-order valence-electron chi connectivity index (χ3n) is 2.92. The minimum absolute atomic E-state index is 0.0246. The second-order valence-electron chi connectivity index (χ2n) is 4.80. The molecule has 0 spiro atoms. The number of aromatic nitrogens is 2. The maximum Gasteiger partial charge on any atom is 0.263 e. The molecule has 0 aromatic carbocycles. The van der Waals surface area contributed by atoms with Gasteiger partial charge in [0.05, 0.1) is 16.2 Å². The van der Waals surface area contributed by atoms with E-state index in [1.807, 2.05) is 20.0 Å². The summed E-state index contributed by atoms with van der Waals surface area (Å²) in [5.74, 6) is 0.247. The van der Waals surface area contributed by atoms with E-state index in [9.17, 15) is 4.79 Å². The van der Waals surface area contributed by atoms with Crippen LogP contribution in [0.15, 0.2) is 11.7 Å². The molecule has 2 rings (SSSR count). The van der Waals surface area contributed by atoms with Gasteiger partial charge >= 0.3 is 0 Å². The first-order valence-electron chi connectivity index (χ1n) is 6.77. The molecule has 108 valence electrons. The average Bonchev–Trinajstić information content (AvgIpc) is 3.07. The van der Waals surface area contributed by atoms with Crippen molar-refractivity contribution in [2.45, 2.75) is 39.5 Å². The summed E-state index contributed by atoms with van der Waals surface area (Å²) in [4.78, 5) is 22.8. The average molecular weight is 309 g/mol. The molecule has 2 aromatic rings. The van der Waals surface area contributed by atoms with Crippen LogP contribution in [0.4, 0.5) is 0 Å². The zero-order valence-electron chi connectivity index (χ0n) is 12.0.